The quantitative estimate of drug-likeness (QED) is 0.473. The highest BCUT2D eigenvalue weighted by molar-refractivity contribution is 6.12. The van der Waals surface area contributed by atoms with Gasteiger partial charge in [0.2, 0.25) is 0 Å². The van der Waals surface area contributed by atoms with E-state index >= 15 is 0 Å². The molecule has 7 nitrogen and oxygen atoms in total. The van der Waals surface area contributed by atoms with Crippen molar-refractivity contribution in [2.24, 2.45) is 0 Å². The second kappa shape index (κ2) is 8.16. The summed E-state index contributed by atoms with van der Waals surface area (Å²) in [4.78, 5) is 26.3. The maximum atomic E-state index is 13.2. The number of rotatable bonds is 5. The van der Waals surface area contributed by atoms with E-state index in [1.54, 1.807) is 35.4 Å². The number of carbonyl (C=O) groups excluding carboxylic acids is 1. The number of benzene rings is 1. The molecule has 0 aliphatic rings. The van der Waals surface area contributed by atoms with E-state index in [9.17, 15) is 4.79 Å². The molecule has 31 heavy (non-hydrogen) atoms. The van der Waals surface area contributed by atoms with Gasteiger partial charge in [-0.25, -0.2) is 4.98 Å². The van der Waals surface area contributed by atoms with E-state index in [-0.39, 0.29) is 5.91 Å². The van der Waals surface area contributed by atoms with Crippen molar-refractivity contribution in [2.45, 2.75) is 6.54 Å². The molecule has 1 N–H and O–H groups in total. The van der Waals surface area contributed by atoms with E-state index in [0.29, 0.717) is 23.6 Å². The van der Waals surface area contributed by atoms with Crippen LogP contribution in [0.2, 0.25) is 0 Å². The Morgan fingerprint density at radius 1 is 0.968 bits per heavy atom. The van der Waals surface area contributed by atoms with E-state index in [2.05, 4.69) is 20.4 Å². The van der Waals surface area contributed by atoms with Crippen molar-refractivity contribution < 1.29 is 4.79 Å². The number of para-hydroxylation sites is 1. The molecule has 5 aromatic rings. The van der Waals surface area contributed by atoms with Crippen LogP contribution in [-0.2, 0) is 6.54 Å². The van der Waals surface area contributed by atoms with Gasteiger partial charge in [-0.05, 0) is 36.4 Å². The van der Waals surface area contributed by atoms with Crippen molar-refractivity contribution >= 4 is 22.6 Å². The van der Waals surface area contributed by atoms with E-state index in [1.165, 1.54) is 0 Å². The van der Waals surface area contributed by atoms with Gasteiger partial charge in [0.1, 0.15) is 0 Å². The van der Waals surface area contributed by atoms with Crippen molar-refractivity contribution in [1.82, 2.24) is 24.7 Å². The normalized spacial score (nSPS) is 10.8. The van der Waals surface area contributed by atoms with Gasteiger partial charge in [0, 0.05) is 41.8 Å². The van der Waals surface area contributed by atoms with Gasteiger partial charge in [0.05, 0.1) is 29.0 Å². The lowest BCUT2D eigenvalue weighted by molar-refractivity contribution is 0.102. The van der Waals surface area contributed by atoms with Crippen molar-refractivity contribution in [3.05, 3.63) is 103 Å². The zero-order chi connectivity index (χ0) is 21.0. The molecule has 4 aromatic heterocycles. The Bertz CT molecular complexity index is 1350. The molecule has 0 bridgehead atoms. The fraction of sp³-hybridized carbons (Fsp3) is 0.0417. The molecular weight excluding hydrogens is 388 g/mol. The Kier molecular flexibility index (Phi) is 4.90. The van der Waals surface area contributed by atoms with Crippen LogP contribution in [0.5, 0.6) is 0 Å². The van der Waals surface area contributed by atoms with Gasteiger partial charge in [0.15, 0.2) is 5.82 Å². The topological polar surface area (TPSA) is 85.6 Å². The van der Waals surface area contributed by atoms with E-state index < -0.39 is 0 Å². The lowest BCUT2D eigenvalue weighted by atomic mass is 10.0. The third kappa shape index (κ3) is 4.02. The van der Waals surface area contributed by atoms with E-state index in [0.717, 1.165) is 22.2 Å². The Balaban J connectivity index is 1.45. The van der Waals surface area contributed by atoms with Gasteiger partial charge in [-0.3, -0.25) is 19.4 Å². The molecule has 0 fully saturated rings. The number of pyridine rings is 3. The van der Waals surface area contributed by atoms with Gasteiger partial charge in [-0.1, -0.05) is 24.3 Å². The van der Waals surface area contributed by atoms with Crippen LogP contribution >= 0.6 is 0 Å². The number of fused-ring (bicyclic) bond motifs is 1. The van der Waals surface area contributed by atoms with Crippen LogP contribution in [-0.4, -0.2) is 30.6 Å². The standard InChI is InChI=1S/C24H18N6O/c31-24(28-23-10-13-30(29-23)16-18-7-3-4-12-26-18)20-14-22(17-6-5-11-25-15-17)27-21-9-2-1-8-19(20)21/h1-15H,16H2,(H,28,29,31). The SMILES string of the molecule is O=C(Nc1ccn(Cc2ccccn2)n1)c1cc(-c2cccnc2)nc2ccccc12. The summed E-state index contributed by atoms with van der Waals surface area (Å²) in [6.45, 7) is 0.528. The van der Waals surface area contributed by atoms with Crippen LogP contribution in [0.4, 0.5) is 5.82 Å². The summed E-state index contributed by atoms with van der Waals surface area (Å²) in [6, 6.07) is 20.7. The largest absolute Gasteiger partial charge is 0.305 e. The zero-order valence-electron chi connectivity index (χ0n) is 16.5. The van der Waals surface area contributed by atoms with Crippen molar-refractivity contribution in [3.8, 4) is 11.3 Å². The second-order valence-corrected chi connectivity index (χ2v) is 6.99. The predicted octanol–water partition coefficient (Wildman–Crippen LogP) is 4.19. The minimum absolute atomic E-state index is 0.244. The Hall–Kier alpha value is -4.39. The molecule has 0 spiro atoms. The number of hydrogen-bond acceptors (Lipinski definition) is 5. The highest BCUT2D eigenvalue weighted by Crippen LogP contribution is 2.25. The summed E-state index contributed by atoms with van der Waals surface area (Å²) in [5, 5.41) is 8.13. The summed E-state index contributed by atoms with van der Waals surface area (Å²) in [5.41, 5.74) is 3.71. The number of nitrogens with zero attached hydrogens (tertiary/aromatic N) is 5. The number of anilines is 1. The Morgan fingerprint density at radius 2 is 1.87 bits per heavy atom. The lowest BCUT2D eigenvalue weighted by Crippen LogP contribution is -2.14. The summed E-state index contributed by atoms with van der Waals surface area (Å²) < 4.78 is 1.74. The molecule has 5 rings (SSSR count). The van der Waals surface area contributed by atoms with E-state index in [4.69, 9.17) is 4.98 Å². The van der Waals surface area contributed by atoms with Gasteiger partial charge >= 0.3 is 0 Å². The van der Waals surface area contributed by atoms with Crippen LogP contribution in [0.25, 0.3) is 22.2 Å². The number of hydrogen-bond donors (Lipinski definition) is 1. The number of carbonyl (C=O) groups is 1. The van der Waals surface area contributed by atoms with Gasteiger partial charge in [-0.15, -0.1) is 0 Å². The van der Waals surface area contributed by atoms with Gasteiger partial charge < -0.3 is 5.32 Å². The smallest absolute Gasteiger partial charge is 0.257 e. The van der Waals surface area contributed by atoms with Crippen LogP contribution < -0.4 is 5.32 Å². The first kappa shape index (κ1) is 18.6. The maximum Gasteiger partial charge on any atom is 0.257 e. The molecule has 0 atom stereocenters. The van der Waals surface area contributed by atoms with Gasteiger partial charge in [-0.2, -0.15) is 5.10 Å². The average molecular weight is 406 g/mol. The Labute approximate surface area is 178 Å². The minimum Gasteiger partial charge on any atom is -0.305 e. The molecule has 0 saturated heterocycles. The molecule has 0 radical (unpaired) electrons. The highest BCUT2D eigenvalue weighted by atomic mass is 16.1. The average Bonchev–Trinajstić information content (AvgIpc) is 3.26. The monoisotopic (exact) mass is 406 g/mol. The third-order valence-electron chi connectivity index (χ3n) is 4.85. The number of nitrogens with one attached hydrogen (secondary N) is 1. The molecule has 1 aromatic carbocycles. The third-order valence-corrected chi connectivity index (χ3v) is 4.85. The van der Waals surface area contributed by atoms with Crippen molar-refractivity contribution in [1.29, 1.82) is 0 Å². The molecule has 1 amide bonds. The van der Waals surface area contributed by atoms with Crippen LogP contribution in [0.3, 0.4) is 0 Å². The summed E-state index contributed by atoms with van der Waals surface area (Å²) in [6.07, 6.45) is 7.00. The summed E-state index contributed by atoms with van der Waals surface area (Å²) in [7, 11) is 0. The van der Waals surface area contributed by atoms with Crippen LogP contribution in [0.1, 0.15) is 16.1 Å². The summed E-state index contributed by atoms with van der Waals surface area (Å²) >= 11 is 0. The van der Waals surface area contributed by atoms with Crippen LogP contribution in [0.15, 0.2) is 91.5 Å². The second-order valence-electron chi connectivity index (χ2n) is 6.99. The molecule has 0 aliphatic carbocycles. The van der Waals surface area contributed by atoms with Crippen molar-refractivity contribution in [2.75, 3.05) is 5.32 Å². The zero-order valence-corrected chi connectivity index (χ0v) is 16.5. The number of amides is 1. The molecule has 0 aliphatic heterocycles. The molecule has 150 valence electrons. The molecule has 4 heterocycles. The van der Waals surface area contributed by atoms with E-state index in [1.807, 2.05) is 60.8 Å². The fourth-order valence-corrected chi connectivity index (χ4v) is 3.38. The number of aromatic nitrogens is 5. The first-order valence-electron chi connectivity index (χ1n) is 9.81. The predicted molar refractivity (Wildman–Crippen MR) is 118 cm³/mol. The van der Waals surface area contributed by atoms with Crippen molar-refractivity contribution in [3.63, 3.8) is 0 Å². The molecular formula is C24H18N6O. The first-order chi connectivity index (χ1) is 15.3. The molecule has 0 unspecified atom stereocenters. The fourth-order valence-electron chi connectivity index (χ4n) is 3.38. The molecule has 7 heteroatoms. The lowest BCUT2D eigenvalue weighted by Gasteiger charge is -2.09. The maximum absolute atomic E-state index is 13.2. The minimum atomic E-state index is -0.244. The Morgan fingerprint density at radius 3 is 2.71 bits per heavy atom. The highest BCUT2D eigenvalue weighted by Gasteiger charge is 2.15. The van der Waals surface area contributed by atoms with Crippen LogP contribution in [0, 0.1) is 0 Å². The summed E-state index contributed by atoms with van der Waals surface area (Å²) in [5.74, 6) is 0.233. The molecule has 0 saturated carbocycles. The first-order valence-corrected chi connectivity index (χ1v) is 9.81. The van der Waals surface area contributed by atoms with Gasteiger partial charge in [0.25, 0.3) is 5.91 Å².